The van der Waals surface area contributed by atoms with Crippen LogP contribution >= 0.6 is 0 Å². The number of ether oxygens (including phenoxy) is 1. The highest BCUT2D eigenvalue weighted by atomic mass is 19.1. The molecule has 116 valence electrons. The number of carbonyl (C=O) groups excluding carboxylic acids is 1. The molecule has 2 aromatic rings. The fourth-order valence-electron chi connectivity index (χ4n) is 2.12. The van der Waals surface area contributed by atoms with Crippen LogP contribution in [0.2, 0.25) is 0 Å². The summed E-state index contributed by atoms with van der Waals surface area (Å²) < 4.78 is 19.2. The molecule has 0 unspecified atom stereocenters. The lowest BCUT2D eigenvalue weighted by atomic mass is 10.1. The van der Waals surface area contributed by atoms with Gasteiger partial charge in [-0.1, -0.05) is 0 Å². The largest absolute Gasteiger partial charge is 0.453 e. The summed E-state index contributed by atoms with van der Waals surface area (Å²) in [7, 11) is 0. The zero-order valence-corrected chi connectivity index (χ0v) is 12.8. The molecule has 0 aliphatic carbocycles. The van der Waals surface area contributed by atoms with E-state index < -0.39 is 5.82 Å². The van der Waals surface area contributed by atoms with E-state index in [0.29, 0.717) is 12.3 Å². The van der Waals surface area contributed by atoms with Crippen LogP contribution in [0, 0.1) is 5.82 Å². The van der Waals surface area contributed by atoms with Gasteiger partial charge in [-0.3, -0.25) is 4.79 Å². The van der Waals surface area contributed by atoms with Crippen molar-refractivity contribution >= 4 is 5.91 Å². The van der Waals surface area contributed by atoms with Crippen molar-refractivity contribution in [3.63, 3.8) is 0 Å². The van der Waals surface area contributed by atoms with E-state index in [2.05, 4.69) is 9.97 Å². The second kappa shape index (κ2) is 6.98. The van der Waals surface area contributed by atoms with Gasteiger partial charge < -0.3 is 9.64 Å². The Morgan fingerprint density at radius 1 is 1.32 bits per heavy atom. The normalized spacial score (nSPS) is 10.6. The molecule has 1 amide bonds. The van der Waals surface area contributed by atoms with E-state index >= 15 is 0 Å². The third-order valence-corrected chi connectivity index (χ3v) is 3.16. The average Bonchev–Trinajstić information content (AvgIpc) is 2.50. The van der Waals surface area contributed by atoms with Crippen LogP contribution in [-0.4, -0.2) is 33.4 Å². The molecule has 0 aliphatic heterocycles. The number of aromatic nitrogens is 2. The lowest BCUT2D eigenvalue weighted by Gasteiger charge is -2.26. The summed E-state index contributed by atoms with van der Waals surface area (Å²) in [6.07, 6.45) is 4.33. The van der Waals surface area contributed by atoms with Gasteiger partial charge >= 0.3 is 0 Å². The molecule has 22 heavy (non-hydrogen) atoms. The van der Waals surface area contributed by atoms with Crippen molar-refractivity contribution in [1.29, 1.82) is 0 Å². The van der Waals surface area contributed by atoms with E-state index in [0.717, 1.165) is 0 Å². The first-order valence-electron chi connectivity index (χ1n) is 7.06. The van der Waals surface area contributed by atoms with Gasteiger partial charge in [0.05, 0.1) is 18.0 Å². The highest BCUT2D eigenvalue weighted by Gasteiger charge is 2.22. The third kappa shape index (κ3) is 3.58. The lowest BCUT2D eigenvalue weighted by molar-refractivity contribution is 0.0713. The fraction of sp³-hybridized carbons (Fsp3) is 0.312. The molecule has 0 aliphatic rings. The van der Waals surface area contributed by atoms with E-state index in [1.54, 1.807) is 4.90 Å². The minimum absolute atomic E-state index is 0.00803. The van der Waals surface area contributed by atoms with Gasteiger partial charge in [-0.05, 0) is 39.0 Å². The Morgan fingerprint density at radius 3 is 2.59 bits per heavy atom. The first kappa shape index (κ1) is 15.9. The maximum absolute atomic E-state index is 13.6. The average molecular weight is 303 g/mol. The molecule has 0 bridgehead atoms. The summed E-state index contributed by atoms with van der Waals surface area (Å²) >= 11 is 0. The standard InChI is InChI=1S/C16H18FN3O2/c1-4-20(11(2)3)16(21)14-7-12(17)5-6-15(14)22-13-8-18-10-19-9-13/h5-11H,4H2,1-3H3. The van der Waals surface area contributed by atoms with Crippen molar-refractivity contribution in [2.45, 2.75) is 26.8 Å². The van der Waals surface area contributed by atoms with Gasteiger partial charge in [-0.2, -0.15) is 0 Å². The van der Waals surface area contributed by atoms with Crippen LogP contribution in [0.1, 0.15) is 31.1 Å². The molecule has 1 aromatic heterocycles. The summed E-state index contributed by atoms with van der Waals surface area (Å²) in [6.45, 7) is 6.22. The quantitative estimate of drug-likeness (QED) is 0.850. The Labute approximate surface area is 128 Å². The predicted molar refractivity (Wildman–Crippen MR) is 80.4 cm³/mol. The Kier molecular flexibility index (Phi) is 5.04. The third-order valence-electron chi connectivity index (χ3n) is 3.16. The SMILES string of the molecule is CCN(C(=O)c1cc(F)ccc1Oc1cncnc1)C(C)C. The van der Waals surface area contributed by atoms with Gasteiger partial charge in [0.15, 0.2) is 5.75 Å². The van der Waals surface area contributed by atoms with Crippen LogP contribution in [0.4, 0.5) is 4.39 Å². The number of carbonyl (C=O) groups is 1. The fourth-order valence-corrected chi connectivity index (χ4v) is 2.12. The van der Waals surface area contributed by atoms with Crippen LogP contribution in [-0.2, 0) is 0 Å². The summed E-state index contributed by atoms with van der Waals surface area (Å²) in [5.74, 6) is -0.0975. The minimum atomic E-state index is -0.486. The van der Waals surface area contributed by atoms with Crippen molar-refractivity contribution < 1.29 is 13.9 Å². The van der Waals surface area contributed by atoms with Crippen molar-refractivity contribution in [1.82, 2.24) is 14.9 Å². The molecule has 0 N–H and O–H groups in total. The number of rotatable bonds is 5. The van der Waals surface area contributed by atoms with E-state index in [9.17, 15) is 9.18 Å². The van der Waals surface area contributed by atoms with E-state index in [1.807, 2.05) is 20.8 Å². The van der Waals surface area contributed by atoms with Crippen molar-refractivity contribution in [3.05, 3.63) is 48.3 Å². The minimum Gasteiger partial charge on any atom is -0.453 e. The van der Waals surface area contributed by atoms with E-state index in [1.165, 1.54) is 36.9 Å². The molecule has 1 aromatic carbocycles. The van der Waals surface area contributed by atoms with Gasteiger partial charge in [-0.25, -0.2) is 14.4 Å². The highest BCUT2D eigenvalue weighted by Crippen LogP contribution is 2.27. The lowest BCUT2D eigenvalue weighted by Crippen LogP contribution is -2.36. The number of nitrogens with zero attached hydrogens (tertiary/aromatic N) is 3. The number of hydrogen-bond acceptors (Lipinski definition) is 4. The zero-order valence-electron chi connectivity index (χ0n) is 12.8. The molecule has 0 saturated heterocycles. The number of benzene rings is 1. The summed E-state index contributed by atoms with van der Waals surface area (Å²) in [5.41, 5.74) is 0.180. The molecular weight excluding hydrogens is 285 g/mol. The van der Waals surface area contributed by atoms with E-state index in [4.69, 9.17) is 4.74 Å². The molecule has 0 saturated carbocycles. The molecule has 5 nitrogen and oxygen atoms in total. The van der Waals surface area contributed by atoms with E-state index in [-0.39, 0.29) is 23.3 Å². The summed E-state index contributed by atoms with van der Waals surface area (Å²) in [5, 5.41) is 0. The topological polar surface area (TPSA) is 55.3 Å². The number of amides is 1. The summed E-state index contributed by atoms with van der Waals surface area (Å²) in [4.78, 5) is 22.0. The Balaban J connectivity index is 2.37. The van der Waals surface area contributed by atoms with Crippen LogP contribution in [0.15, 0.2) is 36.9 Å². The Hall–Kier alpha value is -2.50. The highest BCUT2D eigenvalue weighted by molar-refractivity contribution is 5.97. The van der Waals surface area contributed by atoms with Gasteiger partial charge in [0, 0.05) is 12.6 Å². The number of halogens is 1. The maximum atomic E-state index is 13.6. The van der Waals surface area contributed by atoms with Gasteiger partial charge in [0.1, 0.15) is 17.9 Å². The van der Waals surface area contributed by atoms with Crippen LogP contribution < -0.4 is 4.74 Å². The maximum Gasteiger partial charge on any atom is 0.257 e. The van der Waals surface area contributed by atoms with Crippen molar-refractivity contribution in [3.8, 4) is 11.5 Å². The van der Waals surface area contributed by atoms with Crippen LogP contribution in [0.3, 0.4) is 0 Å². The predicted octanol–water partition coefficient (Wildman–Crippen LogP) is 3.28. The van der Waals surface area contributed by atoms with Gasteiger partial charge in [0.2, 0.25) is 0 Å². The first-order chi connectivity index (χ1) is 10.5. The molecule has 0 radical (unpaired) electrons. The van der Waals surface area contributed by atoms with Crippen molar-refractivity contribution in [2.75, 3.05) is 6.54 Å². The van der Waals surface area contributed by atoms with Crippen LogP contribution in [0.5, 0.6) is 11.5 Å². The van der Waals surface area contributed by atoms with Gasteiger partial charge in [-0.15, -0.1) is 0 Å². The zero-order chi connectivity index (χ0) is 16.1. The first-order valence-corrected chi connectivity index (χ1v) is 7.06. The molecule has 6 heteroatoms. The molecule has 0 atom stereocenters. The smallest absolute Gasteiger partial charge is 0.257 e. The second-order valence-corrected chi connectivity index (χ2v) is 5.00. The Morgan fingerprint density at radius 2 is 2.00 bits per heavy atom. The molecule has 2 rings (SSSR count). The Bertz CT molecular complexity index is 647. The molecule has 1 heterocycles. The molecular formula is C16H18FN3O2. The van der Waals surface area contributed by atoms with Crippen LogP contribution in [0.25, 0.3) is 0 Å². The number of hydrogen-bond donors (Lipinski definition) is 0. The molecule has 0 fully saturated rings. The monoisotopic (exact) mass is 303 g/mol. The molecule has 0 spiro atoms. The van der Waals surface area contributed by atoms with Gasteiger partial charge in [0.25, 0.3) is 5.91 Å². The van der Waals surface area contributed by atoms with Crippen molar-refractivity contribution in [2.24, 2.45) is 0 Å². The second-order valence-electron chi connectivity index (χ2n) is 5.00. The summed E-state index contributed by atoms with van der Waals surface area (Å²) in [6, 6.07) is 3.88.